The Labute approximate surface area is 108 Å². The molecule has 2 rings (SSSR count). The molecule has 0 spiro atoms. The van der Waals surface area contributed by atoms with Gasteiger partial charge in [-0.15, -0.1) is 0 Å². The summed E-state index contributed by atoms with van der Waals surface area (Å²) in [4.78, 5) is 16.3. The van der Waals surface area contributed by atoms with Crippen molar-refractivity contribution in [2.75, 3.05) is 11.9 Å². The van der Waals surface area contributed by atoms with Crippen LogP contribution in [0, 0.1) is 5.41 Å². The molecule has 98 valence electrons. The van der Waals surface area contributed by atoms with E-state index in [-0.39, 0.29) is 11.3 Å². The summed E-state index contributed by atoms with van der Waals surface area (Å²) in [7, 11) is 0. The van der Waals surface area contributed by atoms with Gasteiger partial charge in [0, 0.05) is 12.6 Å². The molecule has 1 aliphatic rings. The van der Waals surface area contributed by atoms with Crippen LogP contribution in [0.4, 0.5) is 5.82 Å². The van der Waals surface area contributed by atoms with Crippen LogP contribution in [-0.4, -0.2) is 23.5 Å². The highest BCUT2D eigenvalue weighted by molar-refractivity contribution is 5.93. The predicted octanol–water partition coefficient (Wildman–Crippen LogP) is 2.43. The Kier molecular flexibility index (Phi) is 3.55. The van der Waals surface area contributed by atoms with E-state index in [4.69, 9.17) is 0 Å². The monoisotopic (exact) mass is 247 g/mol. The van der Waals surface area contributed by atoms with Crippen LogP contribution < -0.4 is 10.6 Å². The van der Waals surface area contributed by atoms with Gasteiger partial charge in [0.25, 0.3) is 5.91 Å². The maximum atomic E-state index is 12.0. The minimum Gasteiger partial charge on any atom is -0.370 e. The highest BCUT2D eigenvalue weighted by Crippen LogP contribution is 2.44. The number of hydrogen-bond donors (Lipinski definition) is 2. The second-order valence-electron chi connectivity index (χ2n) is 5.55. The molecule has 0 bridgehead atoms. The molecule has 1 aromatic rings. The molecule has 0 aliphatic heterocycles. The summed E-state index contributed by atoms with van der Waals surface area (Å²) in [5, 5.41) is 6.20. The summed E-state index contributed by atoms with van der Waals surface area (Å²) in [5.74, 6) is 0.685. The van der Waals surface area contributed by atoms with Crippen LogP contribution in [0.25, 0.3) is 0 Å². The average molecular weight is 247 g/mol. The number of anilines is 1. The summed E-state index contributed by atoms with van der Waals surface area (Å²) in [6.45, 7) is 7.28. The first kappa shape index (κ1) is 12.9. The van der Waals surface area contributed by atoms with E-state index in [1.54, 1.807) is 6.07 Å². The van der Waals surface area contributed by atoms with Crippen molar-refractivity contribution in [3.8, 4) is 0 Å². The van der Waals surface area contributed by atoms with Crippen molar-refractivity contribution in [3.63, 3.8) is 0 Å². The number of aromatic nitrogens is 1. The molecule has 2 N–H and O–H groups in total. The number of rotatable bonds is 5. The highest BCUT2D eigenvalue weighted by Gasteiger charge is 2.46. The largest absolute Gasteiger partial charge is 0.370 e. The van der Waals surface area contributed by atoms with Crippen molar-refractivity contribution in [2.45, 2.75) is 39.7 Å². The minimum atomic E-state index is -0.0780. The van der Waals surface area contributed by atoms with Gasteiger partial charge in [-0.3, -0.25) is 4.79 Å². The molecule has 1 fully saturated rings. The van der Waals surface area contributed by atoms with Crippen LogP contribution in [0.5, 0.6) is 0 Å². The minimum absolute atomic E-state index is 0.0780. The molecule has 1 aliphatic carbocycles. The number of hydrogen-bond acceptors (Lipinski definition) is 3. The van der Waals surface area contributed by atoms with Gasteiger partial charge in [0.05, 0.1) is 0 Å². The molecule has 1 unspecified atom stereocenters. The molecule has 0 saturated heterocycles. The van der Waals surface area contributed by atoms with E-state index in [0.717, 1.165) is 25.2 Å². The molecule has 4 nitrogen and oxygen atoms in total. The van der Waals surface area contributed by atoms with E-state index >= 15 is 0 Å². The Morgan fingerprint density at radius 1 is 1.50 bits per heavy atom. The van der Waals surface area contributed by atoms with Gasteiger partial charge < -0.3 is 10.6 Å². The molecular formula is C14H21N3O. The molecule has 1 aromatic heterocycles. The first-order chi connectivity index (χ1) is 8.53. The fourth-order valence-electron chi connectivity index (χ4n) is 1.86. The standard InChI is InChI=1S/C14H21N3O/c1-4-8-15-12-7-5-6-10(16-12)13(18)17-11-9-14(11,2)3/h5-7,11H,4,8-9H2,1-3H3,(H,15,16)(H,17,18). The van der Waals surface area contributed by atoms with E-state index in [1.807, 2.05) is 12.1 Å². The number of nitrogens with one attached hydrogen (secondary N) is 2. The van der Waals surface area contributed by atoms with Gasteiger partial charge in [-0.2, -0.15) is 0 Å². The zero-order chi connectivity index (χ0) is 13.2. The molecule has 4 heteroatoms. The number of carbonyl (C=O) groups is 1. The van der Waals surface area contributed by atoms with E-state index < -0.39 is 0 Å². The molecule has 0 aromatic carbocycles. The maximum Gasteiger partial charge on any atom is 0.270 e. The predicted molar refractivity (Wildman–Crippen MR) is 72.7 cm³/mol. The Morgan fingerprint density at radius 3 is 2.83 bits per heavy atom. The first-order valence-corrected chi connectivity index (χ1v) is 6.55. The Hall–Kier alpha value is -1.58. The summed E-state index contributed by atoms with van der Waals surface area (Å²) >= 11 is 0. The van der Waals surface area contributed by atoms with Gasteiger partial charge in [0.15, 0.2) is 0 Å². The summed E-state index contributed by atoms with van der Waals surface area (Å²) < 4.78 is 0. The van der Waals surface area contributed by atoms with Crippen LogP contribution in [0.15, 0.2) is 18.2 Å². The normalized spacial score (nSPS) is 20.3. The van der Waals surface area contributed by atoms with Gasteiger partial charge >= 0.3 is 0 Å². The lowest BCUT2D eigenvalue weighted by Crippen LogP contribution is -2.29. The van der Waals surface area contributed by atoms with Crippen LogP contribution >= 0.6 is 0 Å². The second-order valence-corrected chi connectivity index (χ2v) is 5.55. The summed E-state index contributed by atoms with van der Waals surface area (Å²) in [5.41, 5.74) is 0.729. The molecule has 1 atom stereocenters. The lowest BCUT2D eigenvalue weighted by Gasteiger charge is -2.08. The molecule has 0 radical (unpaired) electrons. The van der Waals surface area contributed by atoms with E-state index in [1.165, 1.54) is 0 Å². The average Bonchev–Trinajstić information content (AvgIpc) is 2.94. The van der Waals surface area contributed by atoms with Crippen molar-refractivity contribution >= 4 is 11.7 Å². The van der Waals surface area contributed by atoms with Gasteiger partial charge in [-0.05, 0) is 30.4 Å². The van der Waals surface area contributed by atoms with Crippen molar-refractivity contribution in [1.29, 1.82) is 0 Å². The number of nitrogens with zero attached hydrogens (tertiary/aromatic N) is 1. The van der Waals surface area contributed by atoms with Gasteiger partial charge in [-0.25, -0.2) is 4.98 Å². The summed E-state index contributed by atoms with van der Waals surface area (Å²) in [6, 6.07) is 5.78. The number of carbonyl (C=O) groups excluding carboxylic acids is 1. The Bertz CT molecular complexity index is 442. The number of amides is 1. The third-order valence-electron chi connectivity index (χ3n) is 3.36. The Balaban J connectivity index is 1.97. The van der Waals surface area contributed by atoms with Crippen molar-refractivity contribution in [1.82, 2.24) is 10.3 Å². The van der Waals surface area contributed by atoms with Crippen molar-refractivity contribution < 1.29 is 4.79 Å². The third kappa shape index (κ3) is 3.00. The fraction of sp³-hybridized carbons (Fsp3) is 0.571. The second kappa shape index (κ2) is 4.96. The van der Waals surface area contributed by atoms with E-state index in [0.29, 0.717) is 11.7 Å². The maximum absolute atomic E-state index is 12.0. The first-order valence-electron chi connectivity index (χ1n) is 6.55. The molecular weight excluding hydrogens is 226 g/mol. The zero-order valence-electron chi connectivity index (χ0n) is 11.3. The molecule has 1 saturated carbocycles. The smallest absolute Gasteiger partial charge is 0.270 e. The van der Waals surface area contributed by atoms with Crippen molar-refractivity contribution in [3.05, 3.63) is 23.9 Å². The van der Waals surface area contributed by atoms with Gasteiger partial charge in [-0.1, -0.05) is 26.8 Å². The van der Waals surface area contributed by atoms with Crippen LogP contribution in [0.2, 0.25) is 0 Å². The fourth-order valence-corrected chi connectivity index (χ4v) is 1.86. The zero-order valence-corrected chi connectivity index (χ0v) is 11.3. The Morgan fingerprint density at radius 2 is 2.22 bits per heavy atom. The summed E-state index contributed by atoms with van der Waals surface area (Å²) in [6.07, 6.45) is 2.08. The third-order valence-corrected chi connectivity index (χ3v) is 3.36. The topological polar surface area (TPSA) is 54.0 Å². The lowest BCUT2D eigenvalue weighted by atomic mass is 10.2. The molecule has 18 heavy (non-hydrogen) atoms. The van der Waals surface area contributed by atoms with Crippen LogP contribution in [0.1, 0.15) is 44.1 Å². The van der Waals surface area contributed by atoms with Crippen LogP contribution in [0.3, 0.4) is 0 Å². The van der Waals surface area contributed by atoms with Crippen molar-refractivity contribution in [2.24, 2.45) is 5.41 Å². The van der Waals surface area contributed by atoms with Gasteiger partial charge in [0.2, 0.25) is 0 Å². The SMILES string of the molecule is CCCNc1cccc(C(=O)NC2CC2(C)C)n1. The number of pyridine rings is 1. The molecule has 1 amide bonds. The van der Waals surface area contributed by atoms with Gasteiger partial charge in [0.1, 0.15) is 11.5 Å². The highest BCUT2D eigenvalue weighted by atomic mass is 16.2. The van der Waals surface area contributed by atoms with E-state index in [9.17, 15) is 4.79 Å². The van der Waals surface area contributed by atoms with E-state index in [2.05, 4.69) is 36.4 Å². The van der Waals surface area contributed by atoms with Crippen LogP contribution in [-0.2, 0) is 0 Å². The molecule has 1 heterocycles. The lowest BCUT2D eigenvalue weighted by molar-refractivity contribution is 0.0941. The quantitative estimate of drug-likeness (QED) is 0.840.